The highest BCUT2D eigenvalue weighted by molar-refractivity contribution is 5.69. The van der Waals surface area contributed by atoms with Gasteiger partial charge in [0.2, 0.25) is 0 Å². The third kappa shape index (κ3) is 3.26. The number of nitrogens with zero attached hydrogens (tertiary/aromatic N) is 1. The first kappa shape index (κ1) is 18.8. The Labute approximate surface area is 163 Å². The van der Waals surface area contributed by atoms with E-state index in [1.54, 1.807) is 0 Å². The molecular weight excluding hydrogens is 326 g/mol. The van der Waals surface area contributed by atoms with Gasteiger partial charge in [0.15, 0.2) is 0 Å². The summed E-state index contributed by atoms with van der Waals surface area (Å²) in [4.78, 5) is 4.36. The molecule has 1 atom stereocenters. The highest BCUT2D eigenvalue weighted by Gasteiger charge is 2.44. The van der Waals surface area contributed by atoms with Crippen molar-refractivity contribution in [2.75, 3.05) is 0 Å². The molecule has 136 valence electrons. The van der Waals surface area contributed by atoms with Crippen molar-refractivity contribution < 1.29 is 0 Å². The molecule has 0 radical (unpaired) electrons. The summed E-state index contributed by atoms with van der Waals surface area (Å²) in [5.74, 6) is 0. The summed E-state index contributed by atoms with van der Waals surface area (Å²) in [5, 5.41) is 0. The van der Waals surface area contributed by atoms with Gasteiger partial charge in [-0.3, -0.25) is 4.98 Å². The number of hydrogen-bond donors (Lipinski definition) is 0. The van der Waals surface area contributed by atoms with Crippen molar-refractivity contribution >= 4 is 0 Å². The van der Waals surface area contributed by atoms with Crippen LogP contribution in [0.4, 0.5) is 0 Å². The maximum absolute atomic E-state index is 4.36. The predicted octanol–water partition coefficient (Wildman–Crippen LogP) is 6.53. The number of aromatic nitrogens is 1. The number of allylic oxidation sites excluding steroid dienone is 9. The van der Waals surface area contributed by atoms with Crippen molar-refractivity contribution in [2.24, 2.45) is 0 Å². The largest absolute Gasteiger partial charge is 0.264 e. The maximum atomic E-state index is 4.36. The van der Waals surface area contributed by atoms with Crippen molar-refractivity contribution in [3.05, 3.63) is 125 Å². The maximum Gasteiger partial charge on any atom is 0.0500 e. The van der Waals surface area contributed by atoms with Crippen LogP contribution in [0.3, 0.4) is 0 Å². The third-order valence-electron chi connectivity index (χ3n) is 5.35. The van der Waals surface area contributed by atoms with Gasteiger partial charge < -0.3 is 0 Å². The molecule has 1 aliphatic rings. The Bertz CT molecular complexity index is 927. The quantitative estimate of drug-likeness (QED) is 0.575. The predicted molar refractivity (Wildman–Crippen MR) is 116 cm³/mol. The summed E-state index contributed by atoms with van der Waals surface area (Å²) in [6.07, 6.45) is 15.4. The van der Waals surface area contributed by atoms with E-state index in [2.05, 4.69) is 93.0 Å². The van der Waals surface area contributed by atoms with Crippen LogP contribution in [0, 0.1) is 0 Å². The van der Waals surface area contributed by atoms with Gasteiger partial charge in [0, 0.05) is 12.4 Å². The fourth-order valence-electron chi connectivity index (χ4n) is 4.28. The number of rotatable bonds is 6. The van der Waals surface area contributed by atoms with Crippen molar-refractivity contribution in [3.8, 4) is 0 Å². The molecule has 1 nitrogen and oxygen atoms in total. The van der Waals surface area contributed by atoms with Gasteiger partial charge in [-0.05, 0) is 66.7 Å². The Kier molecular flexibility index (Phi) is 5.71. The van der Waals surface area contributed by atoms with E-state index in [1.165, 1.54) is 33.4 Å². The molecule has 1 aromatic carbocycles. The molecule has 2 aromatic rings. The molecule has 1 aliphatic carbocycles. The van der Waals surface area contributed by atoms with Gasteiger partial charge >= 0.3 is 0 Å². The molecule has 3 rings (SSSR count). The molecule has 0 bridgehead atoms. The second kappa shape index (κ2) is 8.18. The first-order valence-electron chi connectivity index (χ1n) is 9.47. The molecule has 0 N–H and O–H groups in total. The average Bonchev–Trinajstić information content (AvgIpc) is 2.93. The summed E-state index contributed by atoms with van der Waals surface area (Å²) in [7, 11) is 0. The zero-order chi connectivity index (χ0) is 19.3. The minimum absolute atomic E-state index is 0.266. The summed E-state index contributed by atoms with van der Waals surface area (Å²) < 4.78 is 0. The highest BCUT2D eigenvalue weighted by atomic mass is 14.6. The van der Waals surface area contributed by atoms with E-state index in [1.807, 2.05) is 24.5 Å². The molecule has 0 amide bonds. The molecule has 0 spiro atoms. The van der Waals surface area contributed by atoms with Crippen LogP contribution in [0.5, 0.6) is 0 Å². The fourth-order valence-corrected chi connectivity index (χ4v) is 4.28. The Hall–Kier alpha value is -2.93. The standard InChI is InChI=1S/C26H27N/c1-5-12-23-20(4)25(13-6-2)26(24(23)7-3,22-15-9-8-10-16-22)18-21-14-11-17-27-19-21/h5-17,19H,3,18H2,1-2,4H3/b12-5-,13-6-. The summed E-state index contributed by atoms with van der Waals surface area (Å²) in [5.41, 5.74) is 7.43. The Morgan fingerprint density at radius 1 is 0.963 bits per heavy atom. The Morgan fingerprint density at radius 2 is 1.70 bits per heavy atom. The lowest BCUT2D eigenvalue weighted by Gasteiger charge is -2.35. The van der Waals surface area contributed by atoms with Crippen LogP contribution >= 0.6 is 0 Å². The molecule has 0 saturated heterocycles. The van der Waals surface area contributed by atoms with Crippen molar-refractivity contribution in [1.82, 2.24) is 4.98 Å². The van der Waals surface area contributed by atoms with Crippen molar-refractivity contribution in [2.45, 2.75) is 32.6 Å². The number of pyridine rings is 1. The van der Waals surface area contributed by atoms with Gasteiger partial charge in [-0.2, -0.15) is 0 Å². The van der Waals surface area contributed by atoms with Gasteiger partial charge in [-0.1, -0.05) is 73.4 Å². The second-order valence-electron chi connectivity index (χ2n) is 6.88. The lowest BCUT2D eigenvalue weighted by atomic mass is 9.67. The lowest BCUT2D eigenvalue weighted by molar-refractivity contribution is 0.617. The van der Waals surface area contributed by atoms with Crippen LogP contribution in [0.2, 0.25) is 0 Å². The molecule has 27 heavy (non-hydrogen) atoms. The minimum atomic E-state index is -0.266. The molecule has 1 heteroatoms. The second-order valence-corrected chi connectivity index (χ2v) is 6.88. The van der Waals surface area contributed by atoms with E-state index < -0.39 is 0 Å². The van der Waals surface area contributed by atoms with E-state index in [9.17, 15) is 0 Å². The molecule has 0 saturated carbocycles. The van der Waals surface area contributed by atoms with Gasteiger partial charge in [0.25, 0.3) is 0 Å². The zero-order valence-corrected chi connectivity index (χ0v) is 16.4. The topological polar surface area (TPSA) is 12.9 Å². The fraction of sp³-hybridized carbons (Fsp3) is 0.192. The van der Waals surface area contributed by atoms with Gasteiger partial charge in [-0.25, -0.2) is 0 Å². The monoisotopic (exact) mass is 353 g/mol. The minimum Gasteiger partial charge on any atom is -0.264 e. The Balaban J connectivity index is 2.37. The molecule has 1 aromatic heterocycles. The highest BCUT2D eigenvalue weighted by Crippen LogP contribution is 2.52. The van der Waals surface area contributed by atoms with E-state index in [4.69, 9.17) is 0 Å². The summed E-state index contributed by atoms with van der Waals surface area (Å²) in [6.45, 7) is 10.6. The van der Waals surface area contributed by atoms with Gasteiger partial charge in [0.1, 0.15) is 0 Å². The van der Waals surface area contributed by atoms with E-state index in [-0.39, 0.29) is 5.41 Å². The van der Waals surface area contributed by atoms with Gasteiger partial charge in [0.05, 0.1) is 5.41 Å². The van der Waals surface area contributed by atoms with Crippen molar-refractivity contribution in [1.29, 1.82) is 0 Å². The SMILES string of the molecule is C=CC1=C(/C=C\C)C(C)=C(/C=C\C)C1(Cc1cccnc1)c1ccccc1. The summed E-state index contributed by atoms with van der Waals surface area (Å²) >= 11 is 0. The molecule has 0 fully saturated rings. The van der Waals surface area contributed by atoms with E-state index >= 15 is 0 Å². The molecule has 1 heterocycles. The van der Waals surface area contributed by atoms with E-state index in [0.29, 0.717) is 0 Å². The number of hydrogen-bond acceptors (Lipinski definition) is 1. The average molecular weight is 354 g/mol. The van der Waals surface area contributed by atoms with Gasteiger partial charge in [-0.15, -0.1) is 0 Å². The van der Waals surface area contributed by atoms with Crippen molar-refractivity contribution in [3.63, 3.8) is 0 Å². The molecule has 1 unspecified atom stereocenters. The molecular formula is C26H27N. The smallest absolute Gasteiger partial charge is 0.0500 e. The third-order valence-corrected chi connectivity index (χ3v) is 5.35. The Morgan fingerprint density at radius 3 is 2.30 bits per heavy atom. The zero-order valence-electron chi connectivity index (χ0n) is 16.4. The van der Waals surface area contributed by atoms with Crippen LogP contribution in [-0.2, 0) is 11.8 Å². The van der Waals surface area contributed by atoms with Crippen LogP contribution in [0.25, 0.3) is 0 Å². The molecule has 0 aliphatic heterocycles. The number of benzene rings is 1. The van der Waals surface area contributed by atoms with Crippen LogP contribution in [-0.4, -0.2) is 4.98 Å². The van der Waals surface area contributed by atoms with Crippen LogP contribution in [0.15, 0.2) is 114 Å². The summed E-state index contributed by atoms with van der Waals surface area (Å²) in [6, 6.07) is 15.0. The normalized spacial score (nSPS) is 20.3. The first-order valence-corrected chi connectivity index (χ1v) is 9.47. The van der Waals surface area contributed by atoms with Crippen LogP contribution in [0.1, 0.15) is 31.9 Å². The first-order chi connectivity index (χ1) is 13.2. The van der Waals surface area contributed by atoms with Crippen LogP contribution < -0.4 is 0 Å². The van der Waals surface area contributed by atoms with E-state index in [0.717, 1.165) is 6.42 Å². The lowest BCUT2D eigenvalue weighted by Crippen LogP contribution is -2.31.